The number of hydrogen-bond donors (Lipinski definition) is 2. The lowest BCUT2D eigenvalue weighted by Crippen LogP contribution is -2.46. The molecule has 1 aliphatic rings. The Labute approximate surface area is 150 Å². The Bertz CT molecular complexity index is 905. The molecule has 0 spiro atoms. The average Bonchev–Trinajstić information content (AvgIpc) is 2.63. The molecular formula is C19H18N6O. The monoisotopic (exact) mass is 346 g/mol. The molecule has 0 atom stereocenters. The lowest BCUT2D eigenvalue weighted by Gasteiger charge is -2.40. The first-order valence-electron chi connectivity index (χ1n) is 8.44. The van der Waals surface area contributed by atoms with E-state index in [0.29, 0.717) is 5.69 Å². The van der Waals surface area contributed by atoms with Crippen LogP contribution in [-0.2, 0) is 10.2 Å². The zero-order valence-corrected chi connectivity index (χ0v) is 14.1. The Morgan fingerprint density at radius 1 is 0.962 bits per heavy atom. The van der Waals surface area contributed by atoms with Crippen molar-refractivity contribution in [1.29, 1.82) is 0 Å². The van der Waals surface area contributed by atoms with Gasteiger partial charge in [0.15, 0.2) is 0 Å². The van der Waals surface area contributed by atoms with E-state index in [4.69, 9.17) is 5.73 Å². The minimum absolute atomic E-state index is 0.000294. The molecule has 2 aromatic heterocycles. The van der Waals surface area contributed by atoms with E-state index in [0.717, 1.165) is 36.0 Å². The van der Waals surface area contributed by atoms with Gasteiger partial charge in [0.25, 0.3) is 0 Å². The number of nitrogens with two attached hydrogens (primary N) is 1. The summed E-state index contributed by atoms with van der Waals surface area (Å²) in [6.07, 6.45) is 9.21. The molecule has 130 valence electrons. The number of aromatic nitrogens is 4. The average molecular weight is 346 g/mol. The third kappa shape index (κ3) is 2.88. The van der Waals surface area contributed by atoms with Crippen LogP contribution in [0.25, 0.3) is 11.1 Å². The van der Waals surface area contributed by atoms with Crippen LogP contribution in [0, 0.1) is 0 Å². The van der Waals surface area contributed by atoms with E-state index >= 15 is 0 Å². The topological polar surface area (TPSA) is 107 Å². The number of amides is 1. The van der Waals surface area contributed by atoms with Gasteiger partial charge in [-0.3, -0.25) is 4.79 Å². The van der Waals surface area contributed by atoms with Crippen molar-refractivity contribution in [3.05, 3.63) is 60.7 Å². The predicted octanol–water partition coefficient (Wildman–Crippen LogP) is 2.58. The van der Waals surface area contributed by atoms with Crippen LogP contribution in [0.15, 0.2) is 55.1 Å². The Kier molecular flexibility index (Phi) is 4.04. The molecule has 0 aliphatic heterocycles. The Morgan fingerprint density at radius 3 is 2.27 bits per heavy atom. The molecule has 26 heavy (non-hydrogen) atoms. The van der Waals surface area contributed by atoms with E-state index in [-0.39, 0.29) is 11.9 Å². The van der Waals surface area contributed by atoms with E-state index in [1.54, 1.807) is 30.9 Å². The maximum absolute atomic E-state index is 12.9. The van der Waals surface area contributed by atoms with Crippen molar-refractivity contribution < 1.29 is 4.79 Å². The van der Waals surface area contributed by atoms with Crippen molar-refractivity contribution in [3.8, 4) is 11.1 Å². The summed E-state index contributed by atoms with van der Waals surface area (Å²) < 4.78 is 0. The number of benzene rings is 1. The molecule has 1 fully saturated rings. The number of carbonyl (C=O) groups is 1. The Morgan fingerprint density at radius 2 is 1.69 bits per heavy atom. The molecule has 1 amide bonds. The summed E-state index contributed by atoms with van der Waals surface area (Å²) in [7, 11) is 0. The smallest absolute Gasteiger partial charge is 0.235 e. The molecule has 3 N–H and O–H groups in total. The zero-order chi connectivity index (χ0) is 18.0. The normalized spacial score (nSPS) is 15.1. The van der Waals surface area contributed by atoms with Gasteiger partial charge >= 0.3 is 0 Å². The summed E-state index contributed by atoms with van der Waals surface area (Å²) in [6.45, 7) is 0. The van der Waals surface area contributed by atoms with E-state index in [1.165, 1.54) is 0 Å². The molecule has 4 rings (SSSR count). The summed E-state index contributed by atoms with van der Waals surface area (Å²) in [5.74, 6) is 0.251. The fourth-order valence-corrected chi connectivity index (χ4v) is 3.26. The van der Waals surface area contributed by atoms with Crippen LogP contribution < -0.4 is 11.1 Å². The van der Waals surface area contributed by atoms with Crippen molar-refractivity contribution in [2.75, 3.05) is 11.1 Å². The van der Waals surface area contributed by atoms with Crippen LogP contribution in [0.3, 0.4) is 0 Å². The second kappa shape index (κ2) is 6.51. The molecule has 0 unspecified atom stereocenters. The maximum atomic E-state index is 12.9. The fourth-order valence-electron chi connectivity index (χ4n) is 3.26. The van der Waals surface area contributed by atoms with Crippen LogP contribution in [0.2, 0.25) is 0 Å². The van der Waals surface area contributed by atoms with Crippen molar-refractivity contribution >= 4 is 17.5 Å². The number of carbonyl (C=O) groups excluding carboxylic acids is 1. The van der Waals surface area contributed by atoms with Gasteiger partial charge in [-0.25, -0.2) is 9.97 Å². The first-order valence-corrected chi connectivity index (χ1v) is 8.44. The van der Waals surface area contributed by atoms with Gasteiger partial charge in [-0.2, -0.15) is 10.2 Å². The molecule has 7 heteroatoms. The van der Waals surface area contributed by atoms with Crippen LogP contribution in [0.4, 0.5) is 11.6 Å². The van der Waals surface area contributed by atoms with Gasteiger partial charge in [-0.1, -0.05) is 30.7 Å². The van der Waals surface area contributed by atoms with Gasteiger partial charge in [-0.15, -0.1) is 0 Å². The summed E-state index contributed by atoms with van der Waals surface area (Å²) in [4.78, 5) is 21.0. The van der Waals surface area contributed by atoms with Crippen molar-refractivity contribution in [1.82, 2.24) is 20.2 Å². The molecule has 1 saturated carbocycles. The second-order valence-corrected chi connectivity index (χ2v) is 6.43. The number of anilines is 2. The Hall–Kier alpha value is -3.35. The molecule has 2 heterocycles. The quantitative estimate of drug-likeness (QED) is 0.752. The zero-order valence-electron chi connectivity index (χ0n) is 14.1. The van der Waals surface area contributed by atoms with Gasteiger partial charge in [0, 0.05) is 18.0 Å². The van der Waals surface area contributed by atoms with Crippen LogP contribution in [0.5, 0.6) is 0 Å². The van der Waals surface area contributed by atoms with Crippen molar-refractivity contribution in [2.45, 2.75) is 24.7 Å². The maximum Gasteiger partial charge on any atom is 0.235 e. The highest BCUT2D eigenvalue weighted by atomic mass is 16.2. The van der Waals surface area contributed by atoms with Crippen LogP contribution >= 0.6 is 0 Å². The van der Waals surface area contributed by atoms with E-state index in [2.05, 4.69) is 25.5 Å². The molecule has 0 radical (unpaired) electrons. The first kappa shape index (κ1) is 16.1. The van der Waals surface area contributed by atoms with Crippen molar-refractivity contribution in [2.24, 2.45) is 0 Å². The van der Waals surface area contributed by atoms with Gasteiger partial charge in [-0.05, 0) is 30.0 Å². The first-order chi connectivity index (χ1) is 12.7. The molecular weight excluding hydrogens is 328 g/mol. The lowest BCUT2D eigenvalue weighted by molar-refractivity contribution is -0.124. The van der Waals surface area contributed by atoms with Gasteiger partial charge in [0.05, 0.1) is 23.5 Å². The fraction of sp³-hybridized carbons (Fsp3) is 0.211. The SMILES string of the molecule is Nc1ncc(-c2ccc(C3(C(=O)Nc4ccnnc4)CCC3)cc2)cn1. The van der Waals surface area contributed by atoms with Gasteiger partial charge in [0.2, 0.25) is 11.9 Å². The molecule has 1 aromatic carbocycles. The predicted molar refractivity (Wildman–Crippen MR) is 98.1 cm³/mol. The van der Waals surface area contributed by atoms with E-state index in [1.807, 2.05) is 24.3 Å². The third-order valence-corrected chi connectivity index (χ3v) is 4.93. The number of rotatable bonds is 4. The molecule has 0 bridgehead atoms. The standard InChI is InChI=1S/C19H18N6O/c20-18-21-10-14(11-22-18)13-2-4-15(5-3-13)19(7-1-8-19)17(26)25-16-6-9-23-24-12-16/h2-6,9-12H,1,7-8H2,(H2,20,21,22)(H,23,25,26). The summed E-state index contributed by atoms with van der Waals surface area (Å²) in [5.41, 5.74) is 8.60. The number of nitrogens with one attached hydrogen (secondary N) is 1. The van der Waals surface area contributed by atoms with Gasteiger partial charge < -0.3 is 11.1 Å². The number of hydrogen-bond acceptors (Lipinski definition) is 6. The highest BCUT2D eigenvalue weighted by Gasteiger charge is 2.45. The highest BCUT2D eigenvalue weighted by molar-refractivity contribution is 5.99. The molecule has 7 nitrogen and oxygen atoms in total. The summed E-state index contributed by atoms with van der Waals surface area (Å²) in [5, 5.41) is 10.5. The van der Waals surface area contributed by atoms with E-state index < -0.39 is 5.41 Å². The van der Waals surface area contributed by atoms with Crippen molar-refractivity contribution in [3.63, 3.8) is 0 Å². The summed E-state index contributed by atoms with van der Waals surface area (Å²) in [6, 6.07) is 9.74. The van der Waals surface area contributed by atoms with Crippen LogP contribution in [-0.4, -0.2) is 26.1 Å². The number of nitrogen functional groups attached to an aromatic ring is 1. The Balaban J connectivity index is 1.58. The highest BCUT2D eigenvalue weighted by Crippen LogP contribution is 2.45. The number of nitrogens with zero attached hydrogens (tertiary/aromatic N) is 4. The molecule has 0 saturated heterocycles. The molecule has 3 aromatic rings. The summed E-state index contributed by atoms with van der Waals surface area (Å²) >= 11 is 0. The minimum atomic E-state index is -0.487. The molecule has 1 aliphatic carbocycles. The van der Waals surface area contributed by atoms with Crippen LogP contribution in [0.1, 0.15) is 24.8 Å². The lowest BCUT2D eigenvalue weighted by atomic mass is 9.63. The van der Waals surface area contributed by atoms with Gasteiger partial charge in [0.1, 0.15) is 0 Å². The third-order valence-electron chi connectivity index (χ3n) is 4.93. The minimum Gasteiger partial charge on any atom is -0.368 e. The largest absolute Gasteiger partial charge is 0.368 e. The van der Waals surface area contributed by atoms with E-state index in [9.17, 15) is 4.79 Å². The second-order valence-electron chi connectivity index (χ2n) is 6.43.